The van der Waals surface area contributed by atoms with Gasteiger partial charge in [0.25, 0.3) is 0 Å². The topological polar surface area (TPSA) is 36.9 Å². The second-order valence-corrected chi connectivity index (χ2v) is 7.53. The Bertz CT molecular complexity index is 536. The van der Waals surface area contributed by atoms with Crippen molar-refractivity contribution in [1.82, 2.24) is 10.2 Å². The molecule has 1 aliphatic heterocycles. The molecule has 1 atom stereocenters. The van der Waals surface area contributed by atoms with Gasteiger partial charge in [0.2, 0.25) is 0 Å². The second-order valence-electron chi connectivity index (χ2n) is 7.53. The van der Waals surface area contributed by atoms with E-state index in [-0.39, 0.29) is 29.4 Å². The molecule has 25 heavy (non-hydrogen) atoms. The maximum Gasteiger partial charge on any atom is 0.193 e. The van der Waals surface area contributed by atoms with Crippen LogP contribution in [-0.4, -0.2) is 50.8 Å². The molecule has 0 radical (unpaired) electrons. The molecule has 5 heteroatoms. The number of halogens is 1. The lowest BCUT2D eigenvalue weighted by atomic mass is 9.84. The Labute approximate surface area is 170 Å². The van der Waals surface area contributed by atoms with Crippen molar-refractivity contribution in [3.8, 4) is 0 Å². The van der Waals surface area contributed by atoms with Gasteiger partial charge < -0.3 is 15.0 Å². The van der Waals surface area contributed by atoms with Crippen LogP contribution in [0.2, 0.25) is 0 Å². The van der Waals surface area contributed by atoms with Crippen molar-refractivity contribution in [3.63, 3.8) is 0 Å². The first kappa shape index (κ1) is 22.2. The number of nitrogens with one attached hydrogen (secondary N) is 1. The van der Waals surface area contributed by atoms with E-state index in [0.29, 0.717) is 5.92 Å². The number of hydrogen-bond donors (Lipinski definition) is 1. The number of ether oxygens (including phenoxy) is 1. The van der Waals surface area contributed by atoms with Crippen LogP contribution in [0, 0.1) is 12.8 Å². The van der Waals surface area contributed by atoms with Gasteiger partial charge in [0, 0.05) is 38.1 Å². The fourth-order valence-electron chi connectivity index (χ4n) is 3.04. The molecule has 0 aromatic heterocycles. The summed E-state index contributed by atoms with van der Waals surface area (Å²) in [6, 6.07) is 8.80. The molecule has 1 saturated heterocycles. The van der Waals surface area contributed by atoms with Crippen LogP contribution < -0.4 is 5.32 Å². The van der Waals surface area contributed by atoms with E-state index >= 15 is 0 Å². The van der Waals surface area contributed by atoms with Crippen LogP contribution in [0.25, 0.3) is 0 Å². The molecule has 0 spiro atoms. The summed E-state index contributed by atoms with van der Waals surface area (Å²) in [6.45, 7) is 13.2. The predicted molar refractivity (Wildman–Crippen MR) is 117 cm³/mol. The molecule has 1 unspecified atom stereocenters. The van der Waals surface area contributed by atoms with Gasteiger partial charge in [-0.2, -0.15) is 0 Å². The molecule has 4 nitrogen and oxygen atoms in total. The summed E-state index contributed by atoms with van der Waals surface area (Å²) in [5.41, 5.74) is 2.65. The third-order valence-electron chi connectivity index (χ3n) is 4.71. The molecule has 0 amide bonds. The van der Waals surface area contributed by atoms with E-state index in [1.165, 1.54) is 11.1 Å². The van der Waals surface area contributed by atoms with Crippen molar-refractivity contribution in [2.75, 3.05) is 39.9 Å². The molecule has 142 valence electrons. The Morgan fingerprint density at radius 3 is 2.56 bits per heavy atom. The Morgan fingerprint density at radius 1 is 1.32 bits per heavy atom. The van der Waals surface area contributed by atoms with Crippen LogP contribution in [0.3, 0.4) is 0 Å². The number of rotatable bonds is 6. The zero-order valence-corrected chi connectivity index (χ0v) is 18.7. The smallest absolute Gasteiger partial charge is 0.193 e. The van der Waals surface area contributed by atoms with Crippen molar-refractivity contribution >= 4 is 29.9 Å². The Morgan fingerprint density at radius 2 is 2.00 bits per heavy atom. The zero-order valence-electron chi connectivity index (χ0n) is 16.3. The number of aliphatic imine (C=N–C) groups is 1. The summed E-state index contributed by atoms with van der Waals surface area (Å²) >= 11 is 0. The van der Waals surface area contributed by atoms with Crippen LogP contribution >= 0.6 is 24.0 Å². The molecular weight excluding hydrogens is 425 g/mol. The van der Waals surface area contributed by atoms with Crippen molar-refractivity contribution in [3.05, 3.63) is 35.4 Å². The second kappa shape index (κ2) is 10.4. The lowest BCUT2D eigenvalue weighted by Crippen LogP contribution is -2.42. The van der Waals surface area contributed by atoms with Crippen LogP contribution in [0.15, 0.2) is 29.3 Å². The van der Waals surface area contributed by atoms with E-state index in [9.17, 15) is 0 Å². The standard InChI is InChI=1S/C20H33N3O.HI/c1-6-21-19(23(5)13-17-11-12-24-14-17)22-15-20(3,4)18-9-7-16(2)8-10-18;/h7-10,17H,6,11-15H2,1-5H3,(H,21,22);1H. The van der Waals surface area contributed by atoms with E-state index < -0.39 is 0 Å². The van der Waals surface area contributed by atoms with E-state index in [1.54, 1.807) is 0 Å². The van der Waals surface area contributed by atoms with Gasteiger partial charge in [-0.25, -0.2) is 0 Å². The van der Waals surface area contributed by atoms with Crippen LogP contribution in [0.5, 0.6) is 0 Å². The zero-order chi connectivity index (χ0) is 17.6. The van der Waals surface area contributed by atoms with Gasteiger partial charge in [0.05, 0.1) is 13.2 Å². The molecule has 0 aliphatic carbocycles. The first-order valence-electron chi connectivity index (χ1n) is 9.06. The molecular formula is C20H34IN3O. The van der Waals surface area contributed by atoms with Gasteiger partial charge in [0.15, 0.2) is 5.96 Å². The molecule has 1 heterocycles. The summed E-state index contributed by atoms with van der Waals surface area (Å²) in [7, 11) is 2.12. The monoisotopic (exact) mass is 459 g/mol. The van der Waals surface area contributed by atoms with Crippen LogP contribution in [0.1, 0.15) is 38.3 Å². The third-order valence-corrected chi connectivity index (χ3v) is 4.71. The molecule has 0 saturated carbocycles. The number of guanidine groups is 1. The Hall–Kier alpha value is -0.820. The Balaban J connectivity index is 0.00000312. The molecule has 1 aromatic carbocycles. The highest BCUT2D eigenvalue weighted by molar-refractivity contribution is 14.0. The SMILES string of the molecule is CCNC(=NCC(C)(C)c1ccc(C)cc1)N(C)CC1CCOC1.I. The molecule has 0 bridgehead atoms. The van der Waals surface area contributed by atoms with Gasteiger partial charge in [-0.05, 0) is 25.8 Å². The lowest BCUT2D eigenvalue weighted by molar-refractivity contribution is 0.181. The van der Waals surface area contributed by atoms with Gasteiger partial charge in [-0.1, -0.05) is 43.7 Å². The minimum atomic E-state index is 0. The van der Waals surface area contributed by atoms with E-state index in [2.05, 4.69) is 69.2 Å². The fraction of sp³-hybridized carbons (Fsp3) is 0.650. The summed E-state index contributed by atoms with van der Waals surface area (Å²) in [6.07, 6.45) is 1.15. The third kappa shape index (κ3) is 6.77. The Kier molecular flexibility index (Phi) is 9.21. The minimum Gasteiger partial charge on any atom is -0.381 e. The molecule has 1 fully saturated rings. The first-order chi connectivity index (χ1) is 11.4. The summed E-state index contributed by atoms with van der Waals surface area (Å²) in [4.78, 5) is 7.16. The first-order valence-corrected chi connectivity index (χ1v) is 9.06. The van der Waals surface area contributed by atoms with Crippen molar-refractivity contribution in [2.24, 2.45) is 10.9 Å². The maximum absolute atomic E-state index is 5.49. The van der Waals surface area contributed by atoms with Gasteiger partial charge >= 0.3 is 0 Å². The average Bonchev–Trinajstić information content (AvgIpc) is 3.04. The number of nitrogens with zero attached hydrogens (tertiary/aromatic N) is 2. The van der Waals surface area contributed by atoms with E-state index in [0.717, 1.165) is 45.2 Å². The highest BCUT2D eigenvalue weighted by Gasteiger charge is 2.22. The quantitative estimate of drug-likeness (QED) is 0.399. The van der Waals surface area contributed by atoms with Gasteiger partial charge in [-0.15, -0.1) is 24.0 Å². The average molecular weight is 459 g/mol. The highest BCUT2D eigenvalue weighted by Crippen LogP contribution is 2.24. The highest BCUT2D eigenvalue weighted by atomic mass is 127. The number of aryl methyl sites for hydroxylation is 1. The van der Waals surface area contributed by atoms with E-state index in [1.807, 2.05) is 0 Å². The molecule has 2 rings (SSSR count). The lowest BCUT2D eigenvalue weighted by Gasteiger charge is -2.27. The molecule has 1 aromatic rings. The van der Waals surface area contributed by atoms with Crippen LogP contribution in [0.4, 0.5) is 0 Å². The maximum atomic E-state index is 5.49. The number of hydrogen-bond acceptors (Lipinski definition) is 2. The van der Waals surface area contributed by atoms with Crippen molar-refractivity contribution < 1.29 is 4.74 Å². The van der Waals surface area contributed by atoms with Gasteiger partial charge in [0.1, 0.15) is 0 Å². The van der Waals surface area contributed by atoms with Crippen molar-refractivity contribution in [1.29, 1.82) is 0 Å². The molecule has 1 aliphatic rings. The largest absolute Gasteiger partial charge is 0.381 e. The number of benzene rings is 1. The predicted octanol–water partition coefficient (Wildman–Crippen LogP) is 3.82. The summed E-state index contributed by atoms with van der Waals surface area (Å²) in [5, 5.41) is 3.42. The van der Waals surface area contributed by atoms with Gasteiger partial charge in [-0.3, -0.25) is 4.99 Å². The fourth-order valence-corrected chi connectivity index (χ4v) is 3.04. The molecule has 1 N–H and O–H groups in total. The van der Waals surface area contributed by atoms with E-state index in [4.69, 9.17) is 9.73 Å². The van der Waals surface area contributed by atoms with Crippen molar-refractivity contribution in [2.45, 2.75) is 39.5 Å². The summed E-state index contributed by atoms with van der Waals surface area (Å²) in [5.74, 6) is 1.61. The minimum absolute atomic E-state index is 0. The normalized spacial score (nSPS) is 18.0. The van der Waals surface area contributed by atoms with Crippen LogP contribution in [-0.2, 0) is 10.2 Å². The summed E-state index contributed by atoms with van der Waals surface area (Å²) < 4.78 is 5.49.